The number of carbonyl (C=O) groups is 2. The Labute approximate surface area is 138 Å². The maximum atomic E-state index is 12.2. The molecule has 2 aromatic carbocycles. The molecule has 0 saturated heterocycles. The number of thioether (sulfide) groups is 1. The van der Waals surface area contributed by atoms with E-state index < -0.39 is 5.25 Å². The van der Waals surface area contributed by atoms with Gasteiger partial charge in [0.05, 0.1) is 18.0 Å². The highest BCUT2D eigenvalue weighted by atomic mass is 32.2. The average molecular weight is 328 g/mol. The minimum atomic E-state index is -0.435. The molecule has 0 aliphatic carbocycles. The van der Waals surface area contributed by atoms with Gasteiger partial charge in [-0.1, -0.05) is 18.2 Å². The standard InChI is InChI=1S/C17H16N2O3S/c1-22-12-6-4-5-11(9-12)18-16(20)10-15-17(21)19-13-7-2-3-8-14(13)23-15/h2-9,15H,10H2,1H3,(H,18,20)(H,19,21)/t15-/m0/s1. The Hall–Kier alpha value is -2.47. The second kappa shape index (κ2) is 6.75. The molecule has 3 rings (SSSR count). The third kappa shape index (κ3) is 3.65. The Bertz CT molecular complexity index is 748. The van der Waals surface area contributed by atoms with Crippen LogP contribution in [0.1, 0.15) is 6.42 Å². The quantitative estimate of drug-likeness (QED) is 0.905. The first-order chi connectivity index (χ1) is 11.2. The van der Waals surface area contributed by atoms with E-state index in [1.54, 1.807) is 31.4 Å². The van der Waals surface area contributed by atoms with Crippen molar-refractivity contribution in [1.29, 1.82) is 0 Å². The summed E-state index contributed by atoms with van der Waals surface area (Å²) in [7, 11) is 1.57. The van der Waals surface area contributed by atoms with Crippen LogP contribution in [-0.2, 0) is 9.59 Å². The fourth-order valence-electron chi connectivity index (χ4n) is 2.31. The van der Waals surface area contributed by atoms with Crippen LogP contribution in [0.2, 0.25) is 0 Å². The SMILES string of the molecule is COc1cccc(NC(=O)C[C@@H]2Sc3ccccc3NC2=O)c1. The Morgan fingerprint density at radius 2 is 2.09 bits per heavy atom. The molecule has 5 nitrogen and oxygen atoms in total. The molecule has 1 aliphatic rings. The first-order valence-corrected chi connectivity index (χ1v) is 8.04. The van der Waals surface area contributed by atoms with Gasteiger partial charge in [0.2, 0.25) is 11.8 Å². The zero-order valence-corrected chi connectivity index (χ0v) is 13.4. The summed E-state index contributed by atoms with van der Waals surface area (Å²) in [5, 5.41) is 5.20. The number of amides is 2. The number of benzene rings is 2. The fourth-order valence-corrected chi connectivity index (χ4v) is 3.42. The molecule has 0 bridgehead atoms. The molecular formula is C17H16N2O3S. The molecule has 2 N–H and O–H groups in total. The number of hydrogen-bond acceptors (Lipinski definition) is 4. The summed E-state index contributed by atoms with van der Waals surface area (Å²) >= 11 is 1.41. The molecule has 0 spiro atoms. The van der Waals surface area contributed by atoms with E-state index in [4.69, 9.17) is 4.74 Å². The van der Waals surface area contributed by atoms with Gasteiger partial charge in [0.15, 0.2) is 0 Å². The predicted octanol–water partition coefficient (Wildman–Crippen LogP) is 3.14. The lowest BCUT2D eigenvalue weighted by atomic mass is 10.2. The zero-order chi connectivity index (χ0) is 16.2. The zero-order valence-electron chi connectivity index (χ0n) is 12.5. The fraction of sp³-hybridized carbons (Fsp3) is 0.176. The van der Waals surface area contributed by atoms with Crippen LogP contribution in [0.3, 0.4) is 0 Å². The number of fused-ring (bicyclic) bond motifs is 1. The second-order valence-corrected chi connectivity index (χ2v) is 6.32. The molecule has 1 aliphatic heterocycles. The molecule has 118 valence electrons. The molecule has 6 heteroatoms. The van der Waals surface area contributed by atoms with E-state index in [-0.39, 0.29) is 18.2 Å². The van der Waals surface area contributed by atoms with Gasteiger partial charge in [0, 0.05) is 23.1 Å². The molecule has 0 unspecified atom stereocenters. The molecule has 0 saturated carbocycles. The lowest BCUT2D eigenvalue weighted by Gasteiger charge is -2.23. The summed E-state index contributed by atoms with van der Waals surface area (Å²) in [6, 6.07) is 14.7. The summed E-state index contributed by atoms with van der Waals surface area (Å²) in [6.45, 7) is 0. The molecule has 0 radical (unpaired) electrons. The maximum Gasteiger partial charge on any atom is 0.238 e. The smallest absolute Gasteiger partial charge is 0.238 e. The predicted molar refractivity (Wildman–Crippen MR) is 91.0 cm³/mol. The number of hydrogen-bond donors (Lipinski definition) is 2. The average Bonchev–Trinajstić information content (AvgIpc) is 2.55. The number of methoxy groups -OCH3 is 1. The summed E-state index contributed by atoms with van der Waals surface area (Å²) < 4.78 is 5.12. The number of carbonyl (C=O) groups excluding carboxylic acids is 2. The van der Waals surface area contributed by atoms with Crippen LogP contribution in [0.4, 0.5) is 11.4 Å². The van der Waals surface area contributed by atoms with Gasteiger partial charge in [-0.2, -0.15) is 0 Å². The largest absolute Gasteiger partial charge is 0.497 e. The van der Waals surface area contributed by atoms with Gasteiger partial charge in [0.25, 0.3) is 0 Å². The minimum absolute atomic E-state index is 0.113. The first-order valence-electron chi connectivity index (χ1n) is 7.16. The monoisotopic (exact) mass is 328 g/mol. The number of para-hydroxylation sites is 1. The topological polar surface area (TPSA) is 67.4 Å². The Balaban J connectivity index is 1.65. The number of nitrogens with one attached hydrogen (secondary N) is 2. The van der Waals surface area contributed by atoms with Crippen molar-refractivity contribution in [1.82, 2.24) is 0 Å². The molecule has 2 amide bonds. The number of rotatable bonds is 4. The summed E-state index contributed by atoms with van der Waals surface area (Å²) in [5.74, 6) is 0.321. The van der Waals surface area contributed by atoms with Gasteiger partial charge in [-0.05, 0) is 24.3 Å². The summed E-state index contributed by atoms with van der Waals surface area (Å²) in [4.78, 5) is 25.3. The van der Waals surface area contributed by atoms with Crippen molar-refractivity contribution >= 4 is 35.0 Å². The summed E-state index contributed by atoms with van der Waals surface area (Å²) in [6.07, 6.45) is 0.113. The molecular weight excluding hydrogens is 312 g/mol. The van der Waals surface area contributed by atoms with Crippen molar-refractivity contribution in [3.8, 4) is 5.75 Å². The highest BCUT2D eigenvalue weighted by Gasteiger charge is 2.28. The molecule has 2 aromatic rings. The molecule has 1 heterocycles. The van der Waals surface area contributed by atoms with E-state index in [9.17, 15) is 9.59 Å². The number of ether oxygens (including phenoxy) is 1. The van der Waals surface area contributed by atoms with E-state index in [1.165, 1.54) is 11.8 Å². The van der Waals surface area contributed by atoms with E-state index in [1.807, 2.05) is 24.3 Å². The second-order valence-electron chi connectivity index (χ2n) is 5.08. The Morgan fingerprint density at radius 3 is 2.91 bits per heavy atom. The first kappa shape index (κ1) is 15.4. The highest BCUT2D eigenvalue weighted by Crippen LogP contribution is 2.36. The van der Waals surface area contributed by atoms with Crippen molar-refractivity contribution in [2.24, 2.45) is 0 Å². The highest BCUT2D eigenvalue weighted by molar-refractivity contribution is 8.01. The lowest BCUT2D eigenvalue weighted by Crippen LogP contribution is -2.32. The van der Waals surface area contributed by atoms with Crippen molar-refractivity contribution in [2.45, 2.75) is 16.6 Å². The van der Waals surface area contributed by atoms with Gasteiger partial charge in [-0.25, -0.2) is 0 Å². The van der Waals surface area contributed by atoms with Crippen LogP contribution in [0, 0.1) is 0 Å². The van der Waals surface area contributed by atoms with Crippen molar-refractivity contribution < 1.29 is 14.3 Å². The van der Waals surface area contributed by atoms with E-state index in [0.29, 0.717) is 11.4 Å². The minimum Gasteiger partial charge on any atom is -0.497 e. The normalized spacial score (nSPS) is 16.2. The molecule has 23 heavy (non-hydrogen) atoms. The van der Waals surface area contributed by atoms with Crippen molar-refractivity contribution in [3.63, 3.8) is 0 Å². The van der Waals surface area contributed by atoms with Crippen LogP contribution in [0.25, 0.3) is 0 Å². The van der Waals surface area contributed by atoms with Crippen LogP contribution in [-0.4, -0.2) is 24.2 Å². The van der Waals surface area contributed by atoms with E-state index in [0.717, 1.165) is 10.6 Å². The molecule has 1 atom stereocenters. The Morgan fingerprint density at radius 1 is 1.26 bits per heavy atom. The van der Waals surface area contributed by atoms with Crippen LogP contribution in [0.5, 0.6) is 5.75 Å². The van der Waals surface area contributed by atoms with E-state index >= 15 is 0 Å². The van der Waals surface area contributed by atoms with Gasteiger partial charge in [-0.15, -0.1) is 11.8 Å². The van der Waals surface area contributed by atoms with Crippen LogP contribution >= 0.6 is 11.8 Å². The van der Waals surface area contributed by atoms with Gasteiger partial charge < -0.3 is 15.4 Å². The van der Waals surface area contributed by atoms with Crippen molar-refractivity contribution in [2.75, 3.05) is 17.7 Å². The van der Waals surface area contributed by atoms with Gasteiger partial charge >= 0.3 is 0 Å². The number of anilines is 2. The van der Waals surface area contributed by atoms with Gasteiger partial charge in [-0.3, -0.25) is 9.59 Å². The maximum absolute atomic E-state index is 12.2. The summed E-state index contributed by atoms with van der Waals surface area (Å²) in [5.41, 5.74) is 1.45. The van der Waals surface area contributed by atoms with E-state index in [2.05, 4.69) is 10.6 Å². The Kier molecular flexibility index (Phi) is 4.52. The van der Waals surface area contributed by atoms with Gasteiger partial charge in [0.1, 0.15) is 5.75 Å². The lowest BCUT2D eigenvalue weighted by molar-refractivity contribution is -0.120. The van der Waals surface area contributed by atoms with Crippen molar-refractivity contribution in [3.05, 3.63) is 48.5 Å². The van der Waals surface area contributed by atoms with Crippen LogP contribution in [0.15, 0.2) is 53.4 Å². The third-order valence-electron chi connectivity index (χ3n) is 3.43. The third-order valence-corrected chi connectivity index (χ3v) is 4.71. The molecule has 0 aromatic heterocycles. The van der Waals surface area contributed by atoms with Crippen LogP contribution < -0.4 is 15.4 Å². The molecule has 0 fully saturated rings.